The molecule has 0 N–H and O–H groups in total. The maximum absolute atomic E-state index is 13.4. The van der Waals surface area contributed by atoms with Gasteiger partial charge in [-0.05, 0) is 69.5 Å². The molecule has 162 valence electrons. The van der Waals surface area contributed by atoms with E-state index in [9.17, 15) is 4.39 Å². The van der Waals surface area contributed by atoms with Crippen molar-refractivity contribution in [2.75, 3.05) is 6.61 Å². The largest absolute Gasteiger partial charge is 0.490 e. The number of nitrogens with zero attached hydrogens (tertiary/aromatic N) is 3. The number of aryl methyl sites for hydroxylation is 2. The van der Waals surface area contributed by atoms with Crippen molar-refractivity contribution < 1.29 is 13.9 Å². The molecule has 0 bridgehead atoms. The third kappa shape index (κ3) is 4.09. The van der Waals surface area contributed by atoms with E-state index in [0.29, 0.717) is 18.4 Å². The van der Waals surface area contributed by atoms with E-state index >= 15 is 0 Å². The lowest BCUT2D eigenvalue weighted by Crippen LogP contribution is -2.15. The molecule has 0 unspecified atom stereocenters. The summed E-state index contributed by atoms with van der Waals surface area (Å²) in [6, 6.07) is 10.1. The molecule has 3 aromatic rings. The molecule has 1 fully saturated rings. The Balaban J connectivity index is 1.62. The van der Waals surface area contributed by atoms with Gasteiger partial charge >= 0.3 is 0 Å². The predicted octanol–water partition coefficient (Wildman–Crippen LogP) is 5.20. The van der Waals surface area contributed by atoms with Gasteiger partial charge in [-0.15, -0.1) is 0 Å². The smallest absolute Gasteiger partial charge is 0.140 e. The molecule has 0 spiro atoms. The van der Waals surface area contributed by atoms with Crippen LogP contribution in [0.3, 0.4) is 0 Å². The van der Waals surface area contributed by atoms with Crippen molar-refractivity contribution in [3.8, 4) is 28.4 Å². The molecule has 6 heteroatoms. The summed E-state index contributed by atoms with van der Waals surface area (Å²) < 4.78 is 27.6. The summed E-state index contributed by atoms with van der Waals surface area (Å²) >= 11 is 0. The number of benzene rings is 1. The molecule has 31 heavy (non-hydrogen) atoms. The van der Waals surface area contributed by atoms with Gasteiger partial charge in [-0.25, -0.2) is 9.37 Å². The van der Waals surface area contributed by atoms with Crippen LogP contribution in [0.1, 0.15) is 42.4 Å². The minimum atomic E-state index is -0.584. The number of aromatic nitrogens is 3. The monoisotopic (exact) mass is 421 g/mol. The molecule has 0 saturated heterocycles. The second-order valence-corrected chi connectivity index (χ2v) is 8.69. The van der Waals surface area contributed by atoms with E-state index in [4.69, 9.17) is 14.5 Å². The molecule has 0 amide bonds. The van der Waals surface area contributed by atoms with Crippen molar-refractivity contribution in [1.29, 1.82) is 0 Å². The fourth-order valence-electron chi connectivity index (χ4n) is 4.28. The van der Waals surface area contributed by atoms with Gasteiger partial charge in [-0.2, -0.15) is 0 Å². The van der Waals surface area contributed by atoms with Crippen molar-refractivity contribution in [2.24, 2.45) is 0 Å². The molecule has 1 aliphatic carbocycles. The van der Waals surface area contributed by atoms with Crippen LogP contribution < -0.4 is 4.74 Å². The molecular weight excluding hydrogens is 393 g/mol. The van der Waals surface area contributed by atoms with E-state index in [1.165, 1.54) is 0 Å². The van der Waals surface area contributed by atoms with Gasteiger partial charge in [-0.3, -0.25) is 4.98 Å². The topological polar surface area (TPSA) is 49.2 Å². The van der Waals surface area contributed by atoms with Gasteiger partial charge in [0.15, 0.2) is 0 Å². The molecule has 2 aliphatic rings. The number of pyridine rings is 1. The van der Waals surface area contributed by atoms with Crippen molar-refractivity contribution in [3.05, 3.63) is 53.0 Å². The van der Waals surface area contributed by atoms with Crippen LogP contribution in [0, 0.1) is 13.8 Å². The van der Waals surface area contributed by atoms with Gasteiger partial charge in [0.05, 0.1) is 36.7 Å². The summed E-state index contributed by atoms with van der Waals surface area (Å²) in [5, 5.41) is 0. The summed E-state index contributed by atoms with van der Waals surface area (Å²) in [4.78, 5) is 9.37. The Morgan fingerprint density at radius 3 is 2.71 bits per heavy atom. The van der Waals surface area contributed by atoms with Crippen molar-refractivity contribution in [2.45, 2.75) is 65.5 Å². The molecule has 3 heterocycles. The molecule has 1 aromatic carbocycles. The zero-order valence-corrected chi connectivity index (χ0v) is 18.3. The molecular formula is C25H28FN3O2. The molecule has 0 radical (unpaired) electrons. The summed E-state index contributed by atoms with van der Waals surface area (Å²) in [7, 11) is 0. The third-order valence-corrected chi connectivity index (χ3v) is 5.92. The van der Waals surface area contributed by atoms with E-state index in [1.807, 2.05) is 19.1 Å². The van der Waals surface area contributed by atoms with Crippen LogP contribution in [0.4, 0.5) is 4.39 Å². The first kappa shape index (κ1) is 20.2. The predicted molar refractivity (Wildman–Crippen MR) is 118 cm³/mol. The van der Waals surface area contributed by atoms with Gasteiger partial charge in [0.25, 0.3) is 0 Å². The highest BCUT2D eigenvalue weighted by molar-refractivity contribution is 5.70. The minimum Gasteiger partial charge on any atom is -0.490 e. The Bertz CT molecular complexity index is 1120. The lowest BCUT2D eigenvalue weighted by Gasteiger charge is -2.14. The lowest BCUT2D eigenvalue weighted by atomic mass is 10.1. The van der Waals surface area contributed by atoms with Gasteiger partial charge < -0.3 is 14.0 Å². The van der Waals surface area contributed by atoms with Crippen molar-refractivity contribution >= 4 is 0 Å². The maximum atomic E-state index is 13.4. The van der Waals surface area contributed by atoms with E-state index in [-0.39, 0.29) is 6.10 Å². The third-order valence-electron chi connectivity index (χ3n) is 5.92. The number of imidazole rings is 1. The average Bonchev–Trinajstić information content (AvgIpc) is 3.53. The van der Waals surface area contributed by atoms with Crippen LogP contribution in [-0.4, -0.2) is 33.3 Å². The first-order valence-electron chi connectivity index (χ1n) is 11.0. The van der Waals surface area contributed by atoms with Gasteiger partial charge in [0, 0.05) is 28.9 Å². The number of alkyl halides is 1. The molecule has 2 aromatic heterocycles. The number of hydrogen-bond acceptors (Lipinski definition) is 4. The van der Waals surface area contributed by atoms with Crippen LogP contribution in [0.25, 0.3) is 22.6 Å². The van der Waals surface area contributed by atoms with Crippen LogP contribution in [0.5, 0.6) is 5.75 Å². The molecule has 1 aliphatic heterocycles. The van der Waals surface area contributed by atoms with Crippen molar-refractivity contribution in [3.63, 3.8) is 0 Å². The Hall–Kier alpha value is -2.73. The number of rotatable bonds is 5. The fourth-order valence-corrected chi connectivity index (χ4v) is 4.28. The van der Waals surface area contributed by atoms with Gasteiger partial charge in [0.2, 0.25) is 0 Å². The van der Waals surface area contributed by atoms with Crippen LogP contribution in [0.2, 0.25) is 0 Å². The highest BCUT2D eigenvalue weighted by Gasteiger charge is 2.26. The number of halogens is 1. The highest BCUT2D eigenvalue weighted by Crippen LogP contribution is 2.35. The fraction of sp³-hybridized carbons (Fsp3) is 0.440. The standard InChI is InChI=1S/C25H28FN3O2/c1-15-10-18(4-7-23(15)31-21-5-6-21)25-28-24(19-11-16(2)27-20(12-19)13-26)22-8-9-30-17(3)14-29(22)25/h4,7,10-12,17,21H,5-6,8-9,13-14H2,1-3H3/t17-/m1/s1. The number of ether oxygens (including phenoxy) is 2. The molecule has 5 rings (SSSR count). The quantitative estimate of drug-likeness (QED) is 0.568. The van der Waals surface area contributed by atoms with Crippen LogP contribution in [0.15, 0.2) is 30.3 Å². The van der Waals surface area contributed by atoms with E-state index in [2.05, 4.69) is 41.6 Å². The van der Waals surface area contributed by atoms with Crippen molar-refractivity contribution in [1.82, 2.24) is 14.5 Å². The zero-order chi connectivity index (χ0) is 21.5. The second-order valence-electron chi connectivity index (χ2n) is 8.69. The summed E-state index contributed by atoms with van der Waals surface area (Å²) in [5.41, 5.74) is 6.34. The zero-order valence-electron chi connectivity index (χ0n) is 18.3. The summed E-state index contributed by atoms with van der Waals surface area (Å²) in [6.07, 6.45) is 3.52. The van der Waals surface area contributed by atoms with Crippen LogP contribution >= 0.6 is 0 Å². The Kier molecular flexibility index (Phi) is 5.26. The van der Waals surface area contributed by atoms with E-state index < -0.39 is 6.67 Å². The molecule has 5 nitrogen and oxygen atoms in total. The minimum absolute atomic E-state index is 0.0983. The normalized spacial score (nSPS) is 18.5. The maximum Gasteiger partial charge on any atom is 0.140 e. The van der Waals surface area contributed by atoms with Gasteiger partial charge in [-0.1, -0.05) is 0 Å². The highest BCUT2D eigenvalue weighted by atomic mass is 19.1. The Morgan fingerprint density at radius 2 is 1.97 bits per heavy atom. The second kappa shape index (κ2) is 8.08. The number of hydrogen-bond donors (Lipinski definition) is 0. The Morgan fingerprint density at radius 1 is 1.13 bits per heavy atom. The first-order valence-corrected chi connectivity index (χ1v) is 11.0. The van der Waals surface area contributed by atoms with E-state index in [0.717, 1.165) is 71.2 Å². The lowest BCUT2D eigenvalue weighted by molar-refractivity contribution is 0.0666. The Labute approximate surface area is 182 Å². The van der Waals surface area contributed by atoms with Gasteiger partial charge in [0.1, 0.15) is 18.2 Å². The van der Waals surface area contributed by atoms with E-state index in [1.54, 1.807) is 0 Å². The molecule has 1 atom stereocenters. The SMILES string of the molecule is Cc1cc(-c2nc(-c3ccc(OC4CC4)c(C)c3)n3c2CCO[C@H](C)C3)cc(CF)n1. The average molecular weight is 422 g/mol. The summed E-state index contributed by atoms with van der Waals surface area (Å²) in [6.45, 7) is 6.86. The first-order chi connectivity index (χ1) is 15.0. The molecule has 1 saturated carbocycles. The summed E-state index contributed by atoms with van der Waals surface area (Å²) in [5.74, 6) is 1.86. The van der Waals surface area contributed by atoms with Crippen LogP contribution in [-0.2, 0) is 24.4 Å². The number of fused-ring (bicyclic) bond motifs is 1.